The first-order chi connectivity index (χ1) is 9.53. The minimum Gasteiger partial charge on any atom is -0.481 e. The summed E-state index contributed by atoms with van der Waals surface area (Å²) in [5, 5.41) is 8.70. The smallest absolute Gasteiger partial charge is 0.303 e. The zero-order chi connectivity index (χ0) is 16.3. The van der Waals surface area contributed by atoms with Gasteiger partial charge in [0, 0.05) is 12.0 Å². The molecule has 6 heteroatoms. The molecule has 1 rings (SSSR count). The Hall–Kier alpha value is -1.40. The van der Waals surface area contributed by atoms with E-state index in [-0.39, 0.29) is 17.7 Å². The summed E-state index contributed by atoms with van der Waals surface area (Å²) in [6.07, 6.45) is 0.146. The Morgan fingerprint density at radius 1 is 1.24 bits per heavy atom. The lowest BCUT2D eigenvalue weighted by Gasteiger charge is -2.25. The molecule has 5 nitrogen and oxygen atoms in total. The lowest BCUT2D eigenvalue weighted by atomic mass is 10.0. The first-order valence-corrected chi connectivity index (χ1v) is 8.37. The molecule has 0 radical (unpaired) electrons. The van der Waals surface area contributed by atoms with E-state index in [0.717, 1.165) is 5.56 Å². The standard InChI is InChI=1S/C15H23NO4S/c1-11(2)12-5-7-13(8-6-12)21(19,20)16-15(3,4)10-9-14(17)18/h5-8,11,16H,9-10H2,1-4H3,(H,17,18). The van der Waals surface area contributed by atoms with Crippen LogP contribution in [0.15, 0.2) is 29.2 Å². The van der Waals surface area contributed by atoms with Crippen LogP contribution in [0.2, 0.25) is 0 Å². The van der Waals surface area contributed by atoms with Crippen molar-refractivity contribution in [3.05, 3.63) is 29.8 Å². The van der Waals surface area contributed by atoms with Crippen molar-refractivity contribution in [2.24, 2.45) is 0 Å². The maximum absolute atomic E-state index is 12.3. The van der Waals surface area contributed by atoms with Crippen LogP contribution in [0.5, 0.6) is 0 Å². The molecule has 0 heterocycles. The van der Waals surface area contributed by atoms with Crippen molar-refractivity contribution in [1.82, 2.24) is 4.72 Å². The molecule has 0 spiro atoms. The first kappa shape index (κ1) is 17.7. The molecule has 1 aromatic carbocycles. The van der Waals surface area contributed by atoms with E-state index in [1.165, 1.54) is 0 Å². The molecular weight excluding hydrogens is 290 g/mol. The SMILES string of the molecule is CC(C)c1ccc(S(=O)(=O)NC(C)(C)CCC(=O)O)cc1. The van der Waals surface area contributed by atoms with E-state index in [1.807, 2.05) is 13.8 Å². The topological polar surface area (TPSA) is 83.5 Å². The fourth-order valence-electron chi connectivity index (χ4n) is 1.93. The molecule has 0 aliphatic rings. The van der Waals surface area contributed by atoms with Crippen molar-refractivity contribution in [3.8, 4) is 0 Å². The minimum absolute atomic E-state index is 0.0815. The quantitative estimate of drug-likeness (QED) is 0.810. The van der Waals surface area contributed by atoms with E-state index < -0.39 is 21.5 Å². The van der Waals surface area contributed by atoms with Gasteiger partial charge < -0.3 is 5.11 Å². The number of sulfonamides is 1. The number of hydrogen-bond acceptors (Lipinski definition) is 3. The zero-order valence-electron chi connectivity index (χ0n) is 12.9. The van der Waals surface area contributed by atoms with E-state index in [4.69, 9.17) is 5.11 Å². The molecule has 0 aliphatic heterocycles. The second-order valence-corrected chi connectivity index (χ2v) is 7.79. The Labute approximate surface area is 126 Å². The first-order valence-electron chi connectivity index (χ1n) is 6.89. The van der Waals surface area contributed by atoms with Crippen LogP contribution >= 0.6 is 0 Å². The number of benzene rings is 1. The van der Waals surface area contributed by atoms with Gasteiger partial charge in [-0.1, -0.05) is 26.0 Å². The molecule has 21 heavy (non-hydrogen) atoms. The highest BCUT2D eigenvalue weighted by molar-refractivity contribution is 7.89. The van der Waals surface area contributed by atoms with E-state index in [1.54, 1.807) is 38.1 Å². The fourth-order valence-corrected chi connectivity index (χ4v) is 3.37. The summed E-state index contributed by atoms with van der Waals surface area (Å²) in [7, 11) is -3.65. The Morgan fingerprint density at radius 2 is 1.76 bits per heavy atom. The molecule has 0 aliphatic carbocycles. The van der Waals surface area contributed by atoms with Gasteiger partial charge in [0.1, 0.15) is 0 Å². The van der Waals surface area contributed by atoms with Crippen LogP contribution in [0, 0.1) is 0 Å². The van der Waals surface area contributed by atoms with Crippen molar-refractivity contribution in [2.75, 3.05) is 0 Å². The highest BCUT2D eigenvalue weighted by atomic mass is 32.2. The molecule has 0 saturated heterocycles. The van der Waals surface area contributed by atoms with Gasteiger partial charge in [0.25, 0.3) is 0 Å². The van der Waals surface area contributed by atoms with Gasteiger partial charge in [-0.15, -0.1) is 0 Å². The largest absolute Gasteiger partial charge is 0.481 e. The Balaban J connectivity index is 2.88. The van der Waals surface area contributed by atoms with Crippen LogP contribution in [-0.2, 0) is 14.8 Å². The van der Waals surface area contributed by atoms with Crippen molar-refractivity contribution in [2.45, 2.75) is 56.9 Å². The summed E-state index contributed by atoms with van der Waals surface area (Å²) in [6.45, 7) is 7.43. The van der Waals surface area contributed by atoms with Crippen molar-refractivity contribution in [1.29, 1.82) is 0 Å². The minimum atomic E-state index is -3.65. The third kappa shape index (κ3) is 5.47. The average Bonchev–Trinajstić information content (AvgIpc) is 2.35. The second-order valence-electron chi connectivity index (χ2n) is 6.11. The molecule has 0 amide bonds. The van der Waals surface area contributed by atoms with Gasteiger partial charge in [-0.3, -0.25) is 4.79 Å². The van der Waals surface area contributed by atoms with Crippen molar-refractivity contribution >= 4 is 16.0 Å². The average molecular weight is 313 g/mol. The molecular formula is C15H23NO4S. The number of hydrogen-bond donors (Lipinski definition) is 2. The van der Waals surface area contributed by atoms with E-state index >= 15 is 0 Å². The lowest BCUT2D eigenvalue weighted by molar-refractivity contribution is -0.137. The molecule has 2 N–H and O–H groups in total. The van der Waals surface area contributed by atoms with Gasteiger partial charge in [0.15, 0.2) is 0 Å². The van der Waals surface area contributed by atoms with Crippen LogP contribution in [-0.4, -0.2) is 25.0 Å². The number of carboxylic acid groups (broad SMARTS) is 1. The van der Waals surface area contributed by atoms with Gasteiger partial charge in [-0.05, 0) is 43.9 Å². The molecule has 0 atom stereocenters. The van der Waals surface area contributed by atoms with Gasteiger partial charge >= 0.3 is 5.97 Å². The predicted molar refractivity (Wildman–Crippen MR) is 81.8 cm³/mol. The molecule has 0 unspecified atom stereocenters. The van der Waals surface area contributed by atoms with Crippen LogP contribution < -0.4 is 4.72 Å². The van der Waals surface area contributed by atoms with Crippen LogP contribution in [0.3, 0.4) is 0 Å². The molecule has 0 saturated carbocycles. The van der Waals surface area contributed by atoms with E-state index in [0.29, 0.717) is 5.92 Å². The summed E-state index contributed by atoms with van der Waals surface area (Å²) < 4.78 is 27.2. The summed E-state index contributed by atoms with van der Waals surface area (Å²) in [4.78, 5) is 10.8. The van der Waals surface area contributed by atoms with E-state index in [9.17, 15) is 13.2 Å². The third-order valence-corrected chi connectivity index (χ3v) is 4.95. The molecule has 118 valence electrons. The van der Waals surface area contributed by atoms with E-state index in [2.05, 4.69) is 4.72 Å². The monoisotopic (exact) mass is 313 g/mol. The predicted octanol–water partition coefficient (Wildman–Crippen LogP) is 2.73. The Morgan fingerprint density at radius 3 is 2.19 bits per heavy atom. The highest BCUT2D eigenvalue weighted by Crippen LogP contribution is 2.20. The Kier molecular flexibility index (Phi) is 5.53. The number of rotatable bonds is 7. The Bertz CT molecular complexity index is 589. The number of aliphatic carboxylic acids is 1. The molecule has 1 aromatic rings. The number of nitrogens with one attached hydrogen (secondary N) is 1. The van der Waals surface area contributed by atoms with Gasteiger partial charge in [-0.25, -0.2) is 13.1 Å². The zero-order valence-corrected chi connectivity index (χ0v) is 13.7. The van der Waals surface area contributed by atoms with Gasteiger partial charge in [0.05, 0.1) is 4.90 Å². The molecule has 0 fully saturated rings. The van der Waals surface area contributed by atoms with Gasteiger partial charge in [-0.2, -0.15) is 0 Å². The normalized spacial score (nSPS) is 12.6. The second kappa shape index (κ2) is 6.58. The van der Waals surface area contributed by atoms with Crippen LogP contribution in [0.4, 0.5) is 0 Å². The third-order valence-electron chi connectivity index (χ3n) is 3.23. The summed E-state index contributed by atoms with van der Waals surface area (Å²) >= 11 is 0. The number of carboxylic acids is 1. The maximum Gasteiger partial charge on any atom is 0.303 e. The molecule has 0 bridgehead atoms. The fraction of sp³-hybridized carbons (Fsp3) is 0.533. The maximum atomic E-state index is 12.3. The van der Waals surface area contributed by atoms with Crippen molar-refractivity contribution in [3.63, 3.8) is 0 Å². The van der Waals surface area contributed by atoms with Crippen LogP contribution in [0.25, 0.3) is 0 Å². The molecule has 0 aromatic heterocycles. The summed E-state index contributed by atoms with van der Waals surface area (Å²) in [5.74, 6) is -0.606. The summed E-state index contributed by atoms with van der Waals surface area (Å²) in [5.41, 5.74) is 0.257. The van der Waals surface area contributed by atoms with Crippen LogP contribution in [0.1, 0.15) is 52.0 Å². The highest BCUT2D eigenvalue weighted by Gasteiger charge is 2.26. The number of carbonyl (C=O) groups is 1. The summed E-state index contributed by atoms with van der Waals surface area (Å²) in [6, 6.07) is 6.74. The lowest BCUT2D eigenvalue weighted by Crippen LogP contribution is -2.43. The van der Waals surface area contributed by atoms with Gasteiger partial charge in [0.2, 0.25) is 10.0 Å². The van der Waals surface area contributed by atoms with Crippen molar-refractivity contribution < 1.29 is 18.3 Å².